The van der Waals surface area contributed by atoms with Crippen molar-refractivity contribution >= 4 is 85.7 Å². The summed E-state index contributed by atoms with van der Waals surface area (Å²) in [6, 6.07) is 5.16. The number of alkyl halides is 3. The summed E-state index contributed by atoms with van der Waals surface area (Å²) < 4.78 is 3.86. The SMILES string of the molecule is CCCCC(CCC)NC(=O)C(OC(=O)NC(=O)C(Cl)(Cl)Cl)c1csc2ccc(Cl)cc12. The van der Waals surface area contributed by atoms with Crippen LogP contribution < -0.4 is 10.6 Å². The lowest BCUT2D eigenvalue weighted by Crippen LogP contribution is -2.43. The van der Waals surface area contributed by atoms with Crippen LogP contribution in [0.2, 0.25) is 5.02 Å². The van der Waals surface area contributed by atoms with E-state index in [1.165, 1.54) is 11.3 Å². The summed E-state index contributed by atoms with van der Waals surface area (Å²) in [5, 5.41) is 7.67. The fourth-order valence-electron chi connectivity index (χ4n) is 3.15. The predicted octanol–water partition coefficient (Wildman–Crippen LogP) is 6.69. The monoisotopic (exact) mass is 540 g/mol. The molecule has 0 fully saturated rings. The van der Waals surface area contributed by atoms with Crippen LogP contribution in [0.15, 0.2) is 23.6 Å². The van der Waals surface area contributed by atoms with Gasteiger partial charge in [-0.25, -0.2) is 4.79 Å². The van der Waals surface area contributed by atoms with Crippen LogP contribution in [0, 0.1) is 0 Å². The molecule has 0 bridgehead atoms. The van der Waals surface area contributed by atoms with Gasteiger partial charge in [0.25, 0.3) is 15.6 Å². The Morgan fingerprint density at radius 2 is 1.84 bits per heavy atom. The summed E-state index contributed by atoms with van der Waals surface area (Å²) >= 11 is 24.0. The number of rotatable bonds is 9. The average molecular weight is 542 g/mol. The number of alkyl carbamates (subject to hydrolysis) is 1. The maximum Gasteiger partial charge on any atom is 0.415 e. The van der Waals surface area contributed by atoms with Gasteiger partial charge in [-0.2, -0.15) is 0 Å². The van der Waals surface area contributed by atoms with E-state index in [0.29, 0.717) is 16.0 Å². The zero-order valence-corrected chi connectivity index (χ0v) is 21.4. The topological polar surface area (TPSA) is 84.5 Å². The van der Waals surface area contributed by atoms with Gasteiger partial charge in [-0.15, -0.1) is 11.3 Å². The van der Waals surface area contributed by atoms with E-state index in [-0.39, 0.29) is 6.04 Å². The predicted molar refractivity (Wildman–Crippen MR) is 131 cm³/mol. The molecular formula is C21H24Cl4N2O4S. The number of amides is 3. The van der Waals surface area contributed by atoms with Crippen molar-refractivity contribution in [2.24, 2.45) is 0 Å². The quantitative estimate of drug-likeness (QED) is 0.346. The molecule has 6 nitrogen and oxygen atoms in total. The first-order valence-corrected chi connectivity index (χ1v) is 12.5. The molecule has 0 aliphatic rings. The van der Waals surface area contributed by atoms with Crippen LogP contribution in [0.1, 0.15) is 57.6 Å². The number of fused-ring (bicyclic) bond motifs is 1. The lowest BCUT2D eigenvalue weighted by molar-refractivity contribution is -0.131. The standard InChI is InChI=1S/C21H24Cl4N2O4S/c1-3-5-7-13(6-4-2)26-18(28)17(31-20(30)27-19(29)21(23,24)25)15-11-32-16-9-8-12(22)10-14(15)16/h8-11,13,17H,3-7H2,1-2H3,(H,26,28)(H,27,29,30). The fourth-order valence-corrected chi connectivity index (χ4v) is 4.42. The first-order chi connectivity index (χ1) is 15.1. The van der Waals surface area contributed by atoms with Gasteiger partial charge in [-0.3, -0.25) is 14.9 Å². The minimum atomic E-state index is -2.36. The van der Waals surface area contributed by atoms with E-state index < -0.39 is 27.8 Å². The van der Waals surface area contributed by atoms with Gasteiger partial charge in [0.15, 0.2) is 0 Å². The Bertz CT molecular complexity index is 961. The minimum Gasteiger partial charge on any atom is -0.431 e. The summed E-state index contributed by atoms with van der Waals surface area (Å²) in [5.74, 6) is -1.69. The van der Waals surface area contributed by atoms with Crippen LogP contribution in [0.5, 0.6) is 0 Å². The summed E-state index contributed by atoms with van der Waals surface area (Å²) in [4.78, 5) is 37.4. The highest BCUT2D eigenvalue weighted by Gasteiger charge is 2.35. The molecule has 176 valence electrons. The Hall–Kier alpha value is -1.25. The number of nitrogens with one attached hydrogen (secondary N) is 2. The third-order valence-corrected chi connectivity index (χ3v) is 6.41. The van der Waals surface area contributed by atoms with Crippen molar-refractivity contribution in [2.45, 2.75) is 61.9 Å². The highest BCUT2D eigenvalue weighted by Crippen LogP contribution is 2.34. The van der Waals surface area contributed by atoms with E-state index in [9.17, 15) is 14.4 Å². The third kappa shape index (κ3) is 7.66. The Morgan fingerprint density at radius 1 is 1.12 bits per heavy atom. The van der Waals surface area contributed by atoms with Gasteiger partial charge < -0.3 is 10.1 Å². The molecule has 0 saturated heterocycles. The van der Waals surface area contributed by atoms with Crippen molar-refractivity contribution in [2.75, 3.05) is 0 Å². The van der Waals surface area contributed by atoms with Crippen molar-refractivity contribution in [3.8, 4) is 0 Å². The number of hydrogen-bond acceptors (Lipinski definition) is 5. The molecule has 32 heavy (non-hydrogen) atoms. The molecule has 0 saturated carbocycles. The van der Waals surface area contributed by atoms with Crippen molar-refractivity contribution in [3.63, 3.8) is 0 Å². The normalized spacial score (nSPS) is 13.4. The highest BCUT2D eigenvalue weighted by atomic mass is 35.6. The second-order valence-corrected chi connectivity index (χ2v) is 10.8. The largest absolute Gasteiger partial charge is 0.431 e. The van der Waals surface area contributed by atoms with E-state index in [1.807, 2.05) is 18.3 Å². The fraction of sp³-hybridized carbons (Fsp3) is 0.476. The van der Waals surface area contributed by atoms with Crippen molar-refractivity contribution in [1.29, 1.82) is 0 Å². The van der Waals surface area contributed by atoms with Gasteiger partial charge >= 0.3 is 6.09 Å². The first kappa shape index (κ1) is 27.0. The molecule has 1 aromatic heterocycles. The Kier molecular flexibility index (Phi) is 10.4. The molecule has 2 aromatic rings. The van der Waals surface area contributed by atoms with E-state index in [2.05, 4.69) is 12.2 Å². The zero-order chi connectivity index (χ0) is 23.9. The smallest absolute Gasteiger partial charge is 0.415 e. The molecule has 2 N–H and O–H groups in total. The molecule has 0 aliphatic heterocycles. The number of unbranched alkanes of at least 4 members (excludes halogenated alkanes) is 1. The van der Waals surface area contributed by atoms with Gasteiger partial charge in [0, 0.05) is 26.7 Å². The zero-order valence-electron chi connectivity index (χ0n) is 17.6. The second-order valence-electron chi connectivity index (χ2n) is 7.21. The molecule has 2 atom stereocenters. The molecule has 0 radical (unpaired) electrons. The van der Waals surface area contributed by atoms with Gasteiger partial charge in [0.2, 0.25) is 6.10 Å². The number of imide groups is 1. The van der Waals surface area contributed by atoms with Crippen LogP contribution in [0.25, 0.3) is 10.1 Å². The maximum atomic E-state index is 13.2. The minimum absolute atomic E-state index is 0.0714. The van der Waals surface area contributed by atoms with E-state index >= 15 is 0 Å². The van der Waals surface area contributed by atoms with Gasteiger partial charge in [0.05, 0.1) is 0 Å². The molecular weight excluding hydrogens is 518 g/mol. The van der Waals surface area contributed by atoms with Crippen LogP contribution in [0.4, 0.5) is 4.79 Å². The van der Waals surface area contributed by atoms with Crippen LogP contribution in [-0.4, -0.2) is 27.7 Å². The molecule has 1 heterocycles. The summed E-state index contributed by atoms with van der Waals surface area (Å²) in [5.41, 5.74) is 0.451. The Morgan fingerprint density at radius 3 is 2.47 bits per heavy atom. The molecule has 3 amide bonds. The Labute approximate surface area is 210 Å². The number of ether oxygens (including phenoxy) is 1. The van der Waals surface area contributed by atoms with Gasteiger partial charge in [0.1, 0.15) is 0 Å². The lowest BCUT2D eigenvalue weighted by Gasteiger charge is -2.23. The van der Waals surface area contributed by atoms with Crippen molar-refractivity contribution < 1.29 is 19.1 Å². The molecule has 2 unspecified atom stereocenters. The highest BCUT2D eigenvalue weighted by molar-refractivity contribution is 7.17. The average Bonchev–Trinajstić information content (AvgIpc) is 3.12. The number of thiophene rings is 1. The molecule has 0 aliphatic carbocycles. The summed E-state index contributed by atoms with van der Waals surface area (Å²) in [6.07, 6.45) is 1.88. The van der Waals surface area contributed by atoms with E-state index in [4.69, 9.17) is 51.1 Å². The van der Waals surface area contributed by atoms with Gasteiger partial charge in [-0.05, 0) is 36.4 Å². The second kappa shape index (κ2) is 12.3. The number of benzene rings is 1. The molecule has 1 aromatic carbocycles. The number of hydrogen-bond donors (Lipinski definition) is 2. The number of halogens is 4. The molecule has 2 rings (SSSR count). The van der Waals surface area contributed by atoms with Crippen LogP contribution in [-0.2, 0) is 14.3 Å². The van der Waals surface area contributed by atoms with Crippen LogP contribution >= 0.6 is 57.7 Å². The van der Waals surface area contributed by atoms with Crippen molar-refractivity contribution in [3.05, 3.63) is 34.2 Å². The lowest BCUT2D eigenvalue weighted by atomic mass is 10.0. The molecule has 11 heteroatoms. The first-order valence-electron chi connectivity index (χ1n) is 10.1. The van der Waals surface area contributed by atoms with Crippen molar-refractivity contribution in [1.82, 2.24) is 10.6 Å². The van der Waals surface area contributed by atoms with Gasteiger partial charge in [-0.1, -0.05) is 79.5 Å². The number of carbonyl (C=O) groups excluding carboxylic acids is 3. The maximum absolute atomic E-state index is 13.2. The van der Waals surface area contributed by atoms with Crippen LogP contribution in [0.3, 0.4) is 0 Å². The summed E-state index contributed by atoms with van der Waals surface area (Å²) in [7, 11) is 0. The molecule has 0 spiro atoms. The Balaban J connectivity index is 2.33. The number of carbonyl (C=O) groups is 3. The summed E-state index contributed by atoms with van der Waals surface area (Å²) in [6.45, 7) is 4.10. The van der Waals surface area contributed by atoms with E-state index in [1.54, 1.807) is 17.5 Å². The third-order valence-electron chi connectivity index (χ3n) is 4.67. The van der Waals surface area contributed by atoms with E-state index in [0.717, 1.165) is 36.8 Å².